The van der Waals surface area contributed by atoms with Crippen molar-refractivity contribution in [2.24, 2.45) is 0 Å². The summed E-state index contributed by atoms with van der Waals surface area (Å²) in [7, 11) is 0. The molecule has 2 aromatic rings. The highest BCUT2D eigenvalue weighted by Gasteiger charge is 2.23. The Balaban J connectivity index is 0.000000160. The van der Waals surface area contributed by atoms with Crippen LogP contribution in [0.4, 0.5) is 10.1 Å². The van der Waals surface area contributed by atoms with Gasteiger partial charge in [0, 0.05) is 6.20 Å². The molecule has 2 heterocycles. The van der Waals surface area contributed by atoms with Crippen molar-refractivity contribution in [2.75, 3.05) is 5.32 Å². The van der Waals surface area contributed by atoms with E-state index >= 15 is 0 Å². The monoisotopic (exact) mass is 290 g/mol. The number of carbonyl (C=O) groups is 1. The van der Waals surface area contributed by atoms with Crippen LogP contribution in [0.15, 0.2) is 43.1 Å². The number of rotatable bonds is 0. The van der Waals surface area contributed by atoms with E-state index in [4.69, 9.17) is 11.6 Å². The van der Waals surface area contributed by atoms with Crippen LogP contribution in [0, 0.1) is 12.7 Å². The average Bonchev–Trinajstić information content (AvgIpc) is 2.69. The Morgan fingerprint density at radius 3 is 2.65 bits per heavy atom. The molecule has 0 bridgehead atoms. The van der Waals surface area contributed by atoms with Crippen LogP contribution in [0.5, 0.6) is 0 Å². The smallest absolute Gasteiger partial charge is 0.257 e. The molecule has 0 radical (unpaired) electrons. The zero-order valence-corrected chi connectivity index (χ0v) is 11.5. The highest BCUT2D eigenvalue weighted by Crippen LogP contribution is 2.28. The fourth-order valence-corrected chi connectivity index (χ4v) is 1.79. The number of carbonyl (C=O) groups excluding carboxylic acids is 1. The minimum atomic E-state index is -0.367. The fraction of sp³-hybridized carbons (Fsp3) is 0.0667. The molecule has 1 aliphatic rings. The molecule has 3 nitrogen and oxygen atoms in total. The summed E-state index contributed by atoms with van der Waals surface area (Å²) < 4.78 is 12.2. The molecule has 5 heteroatoms. The number of fused-ring (bicyclic) bond motifs is 1. The van der Waals surface area contributed by atoms with Crippen molar-refractivity contribution in [3.05, 3.63) is 65.2 Å². The first-order valence-corrected chi connectivity index (χ1v) is 6.24. The molecule has 102 valence electrons. The topological polar surface area (TPSA) is 42.0 Å². The van der Waals surface area contributed by atoms with E-state index in [0.717, 1.165) is 11.3 Å². The van der Waals surface area contributed by atoms with Crippen LogP contribution >= 0.6 is 11.6 Å². The van der Waals surface area contributed by atoms with Crippen LogP contribution < -0.4 is 5.32 Å². The SMILES string of the molecule is C=C1C(=O)Nc2cc(C)cnc21.Fc1ccccc1Cl. The number of pyridine rings is 1. The van der Waals surface area contributed by atoms with Crippen LogP contribution in [0.25, 0.3) is 5.57 Å². The molecule has 0 unspecified atom stereocenters. The minimum Gasteiger partial charge on any atom is -0.320 e. The summed E-state index contributed by atoms with van der Waals surface area (Å²) in [6.45, 7) is 5.56. The standard InChI is InChI=1S/C9H8N2O.C6H4ClF/c1-5-3-7-8(10-4-5)6(2)9(12)11-7;7-5-3-1-2-4-6(5)8/h3-4H,2H2,1H3,(H,11,12);1-4H. The van der Waals surface area contributed by atoms with Gasteiger partial charge in [-0.05, 0) is 30.7 Å². The van der Waals surface area contributed by atoms with Gasteiger partial charge in [-0.25, -0.2) is 4.39 Å². The molecule has 1 aliphatic heterocycles. The number of halogens is 2. The third-order valence-electron chi connectivity index (χ3n) is 2.66. The highest BCUT2D eigenvalue weighted by molar-refractivity contribution is 6.30. The van der Waals surface area contributed by atoms with Gasteiger partial charge in [0.05, 0.1) is 22.0 Å². The molecule has 20 heavy (non-hydrogen) atoms. The van der Waals surface area contributed by atoms with Crippen molar-refractivity contribution >= 4 is 28.8 Å². The van der Waals surface area contributed by atoms with E-state index < -0.39 is 0 Å². The Hall–Kier alpha value is -2.20. The van der Waals surface area contributed by atoms with Gasteiger partial charge in [-0.3, -0.25) is 9.78 Å². The second-order valence-electron chi connectivity index (χ2n) is 4.26. The lowest BCUT2D eigenvalue weighted by Gasteiger charge is -1.96. The first-order chi connectivity index (χ1) is 9.49. The molecule has 1 aromatic heterocycles. The van der Waals surface area contributed by atoms with Gasteiger partial charge in [-0.15, -0.1) is 0 Å². The number of hydrogen-bond acceptors (Lipinski definition) is 2. The van der Waals surface area contributed by atoms with Gasteiger partial charge in [0.15, 0.2) is 0 Å². The maximum Gasteiger partial charge on any atom is 0.257 e. The zero-order chi connectivity index (χ0) is 14.7. The van der Waals surface area contributed by atoms with Crippen LogP contribution in [-0.2, 0) is 4.79 Å². The Bertz CT molecular complexity index is 664. The number of aromatic nitrogens is 1. The maximum absolute atomic E-state index is 12.2. The average molecular weight is 291 g/mol. The lowest BCUT2D eigenvalue weighted by atomic mass is 10.2. The van der Waals surface area contributed by atoms with E-state index in [-0.39, 0.29) is 16.7 Å². The number of benzene rings is 1. The zero-order valence-electron chi connectivity index (χ0n) is 10.8. The lowest BCUT2D eigenvalue weighted by Crippen LogP contribution is -2.02. The third kappa shape index (κ3) is 3.03. The summed E-state index contributed by atoms with van der Waals surface area (Å²) in [5.74, 6) is -0.516. The Morgan fingerprint density at radius 1 is 1.35 bits per heavy atom. The lowest BCUT2D eigenvalue weighted by molar-refractivity contribution is -0.110. The third-order valence-corrected chi connectivity index (χ3v) is 2.96. The van der Waals surface area contributed by atoms with Gasteiger partial charge in [-0.1, -0.05) is 30.3 Å². The Kier molecular flexibility index (Phi) is 4.15. The second-order valence-corrected chi connectivity index (χ2v) is 4.66. The summed E-state index contributed by atoms with van der Waals surface area (Å²) in [4.78, 5) is 15.2. The first-order valence-electron chi connectivity index (χ1n) is 5.86. The molecule has 1 amide bonds. The van der Waals surface area contributed by atoms with Crippen molar-refractivity contribution in [2.45, 2.75) is 6.92 Å². The summed E-state index contributed by atoms with van der Waals surface area (Å²) in [5.41, 5.74) is 2.92. The molecule has 0 aliphatic carbocycles. The number of nitrogens with zero attached hydrogens (tertiary/aromatic N) is 1. The molecule has 1 aromatic carbocycles. The van der Waals surface area contributed by atoms with Crippen molar-refractivity contribution in [1.29, 1.82) is 0 Å². The molecule has 0 saturated carbocycles. The van der Waals surface area contributed by atoms with Gasteiger partial charge >= 0.3 is 0 Å². The van der Waals surface area contributed by atoms with Crippen molar-refractivity contribution in [3.8, 4) is 0 Å². The number of nitrogens with one attached hydrogen (secondary N) is 1. The number of aryl methyl sites for hydroxylation is 1. The largest absolute Gasteiger partial charge is 0.320 e. The predicted octanol–water partition coefficient (Wildman–Crippen LogP) is 3.83. The van der Waals surface area contributed by atoms with Crippen molar-refractivity contribution in [1.82, 2.24) is 4.98 Å². The first kappa shape index (κ1) is 14.2. The van der Waals surface area contributed by atoms with Crippen molar-refractivity contribution in [3.63, 3.8) is 0 Å². The number of anilines is 1. The highest BCUT2D eigenvalue weighted by atomic mass is 35.5. The fourth-order valence-electron chi connectivity index (χ4n) is 1.65. The van der Waals surface area contributed by atoms with Crippen LogP contribution in [0.2, 0.25) is 5.02 Å². The van der Waals surface area contributed by atoms with E-state index in [1.807, 2.05) is 13.0 Å². The number of amides is 1. The molecule has 0 spiro atoms. The van der Waals surface area contributed by atoms with E-state index in [1.165, 1.54) is 12.1 Å². The Labute approximate surface area is 121 Å². The summed E-state index contributed by atoms with van der Waals surface area (Å²) in [6, 6.07) is 8.00. The van der Waals surface area contributed by atoms with Gasteiger partial charge in [0.1, 0.15) is 5.82 Å². The van der Waals surface area contributed by atoms with E-state index in [0.29, 0.717) is 11.3 Å². The van der Waals surface area contributed by atoms with E-state index in [9.17, 15) is 9.18 Å². The summed E-state index contributed by atoms with van der Waals surface area (Å²) in [6.07, 6.45) is 1.73. The molecule has 0 atom stereocenters. The predicted molar refractivity (Wildman–Crippen MR) is 78.0 cm³/mol. The quantitative estimate of drug-likeness (QED) is 0.749. The molecule has 0 fully saturated rings. The van der Waals surface area contributed by atoms with Gasteiger partial charge in [-0.2, -0.15) is 0 Å². The molecular formula is C15H12ClFN2O. The van der Waals surface area contributed by atoms with Gasteiger partial charge in [0.25, 0.3) is 5.91 Å². The molecular weight excluding hydrogens is 279 g/mol. The van der Waals surface area contributed by atoms with Crippen LogP contribution in [0.1, 0.15) is 11.3 Å². The summed E-state index contributed by atoms with van der Waals surface area (Å²) >= 11 is 5.33. The molecule has 1 N–H and O–H groups in total. The van der Waals surface area contributed by atoms with Gasteiger partial charge < -0.3 is 5.32 Å². The van der Waals surface area contributed by atoms with Crippen molar-refractivity contribution < 1.29 is 9.18 Å². The maximum atomic E-state index is 12.2. The van der Waals surface area contributed by atoms with Crippen LogP contribution in [-0.4, -0.2) is 10.9 Å². The number of hydrogen-bond donors (Lipinski definition) is 1. The molecule has 3 rings (SSSR count). The normalized spacial score (nSPS) is 12.3. The van der Waals surface area contributed by atoms with Gasteiger partial charge in [0.2, 0.25) is 0 Å². The molecule has 0 saturated heterocycles. The Morgan fingerprint density at radius 2 is 2.05 bits per heavy atom. The minimum absolute atomic E-state index is 0.150. The van der Waals surface area contributed by atoms with Crippen LogP contribution in [0.3, 0.4) is 0 Å². The van der Waals surface area contributed by atoms with E-state index in [2.05, 4.69) is 16.9 Å². The second kappa shape index (κ2) is 5.84. The van der Waals surface area contributed by atoms with E-state index in [1.54, 1.807) is 18.3 Å². The summed E-state index contributed by atoms with van der Waals surface area (Å²) in [5, 5.41) is 2.86.